The van der Waals surface area contributed by atoms with Crippen LogP contribution >= 0.6 is 0 Å². The first-order valence-electron chi connectivity index (χ1n) is 9.02. The van der Waals surface area contributed by atoms with Crippen LogP contribution in [0.1, 0.15) is 36.2 Å². The maximum Gasteiger partial charge on any atom is 0.251 e. The van der Waals surface area contributed by atoms with Crippen molar-refractivity contribution in [2.45, 2.75) is 37.8 Å². The Balaban J connectivity index is 1.83. The van der Waals surface area contributed by atoms with Crippen molar-refractivity contribution in [1.29, 1.82) is 0 Å². The first kappa shape index (κ1) is 22.0. The van der Waals surface area contributed by atoms with E-state index in [1.54, 1.807) is 24.3 Å². The Bertz CT molecular complexity index is 866. The molecule has 8 heteroatoms. The zero-order valence-electron chi connectivity index (χ0n) is 15.9. The van der Waals surface area contributed by atoms with Gasteiger partial charge in [0.05, 0.1) is 11.0 Å². The standard InChI is InChI=1S/C20H25FN2O4S/c1-15(2)27-13-3-12-22-20(24)17-6-4-16(5-7-17)14-23-28(25,26)19-10-8-18(21)9-11-19/h4-11,15,23H,3,12-14H2,1-2H3,(H,22,24). The number of nitrogens with one attached hydrogen (secondary N) is 2. The third-order valence-electron chi connectivity index (χ3n) is 3.86. The summed E-state index contributed by atoms with van der Waals surface area (Å²) in [6.45, 7) is 5.09. The highest BCUT2D eigenvalue weighted by Crippen LogP contribution is 2.11. The number of hydrogen-bond acceptors (Lipinski definition) is 4. The molecular weight excluding hydrogens is 383 g/mol. The Morgan fingerprint density at radius 2 is 1.71 bits per heavy atom. The Labute approximate surface area is 165 Å². The van der Waals surface area contributed by atoms with Crippen LogP contribution in [0.25, 0.3) is 0 Å². The summed E-state index contributed by atoms with van der Waals surface area (Å²) >= 11 is 0. The van der Waals surface area contributed by atoms with Gasteiger partial charge in [-0.1, -0.05) is 12.1 Å². The number of hydrogen-bond donors (Lipinski definition) is 2. The SMILES string of the molecule is CC(C)OCCCNC(=O)c1ccc(CNS(=O)(=O)c2ccc(F)cc2)cc1. The Morgan fingerprint density at radius 3 is 2.32 bits per heavy atom. The largest absolute Gasteiger partial charge is 0.379 e. The van der Waals surface area contributed by atoms with Crippen LogP contribution in [0.5, 0.6) is 0 Å². The molecular formula is C20H25FN2O4S. The molecule has 0 saturated carbocycles. The number of sulfonamides is 1. The maximum absolute atomic E-state index is 12.9. The Morgan fingerprint density at radius 1 is 1.07 bits per heavy atom. The van der Waals surface area contributed by atoms with Gasteiger partial charge in [-0.2, -0.15) is 0 Å². The van der Waals surface area contributed by atoms with E-state index in [0.717, 1.165) is 18.6 Å². The lowest BCUT2D eigenvalue weighted by molar-refractivity contribution is 0.0757. The average molecular weight is 408 g/mol. The van der Waals surface area contributed by atoms with Gasteiger partial charge in [-0.15, -0.1) is 0 Å². The molecule has 0 aliphatic carbocycles. The molecule has 0 aromatic heterocycles. The molecule has 0 atom stereocenters. The first-order valence-corrected chi connectivity index (χ1v) is 10.5. The van der Waals surface area contributed by atoms with Crippen LogP contribution < -0.4 is 10.0 Å². The van der Waals surface area contributed by atoms with E-state index in [0.29, 0.717) is 24.3 Å². The van der Waals surface area contributed by atoms with Crippen LogP contribution in [0.3, 0.4) is 0 Å². The van der Waals surface area contributed by atoms with Gasteiger partial charge in [-0.25, -0.2) is 17.5 Å². The maximum atomic E-state index is 12.9. The van der Waals surface area contributed by atoms with Gasteiger partial charge in [0.15, 0.2) is 0 Å². The lowest BCUT2D eigenvalue weighted by atomic mass is 10.1. The number of carbonyl (C=O) groups is 1. The van der Waals surface area contributed by atoms with Crippen LogP contribution in [0.15, 0.2) is 53.4 Å². The molecule has 6 nitrogen and oxygen atoms in total. The van der Waals surface area contributed by atoms with Crippen molar-refractivity contribution >= 4 is 15.9 Å². The first-order chi connectivity index (χ1) is 13.3. The number of ether oxygens (including phenoxy) is 1. The van der Waals surface area contributed by atoms with Crippen molar-refractivity contribution < 1.29 is 22.3 Å². The molecule has 0 radical (unpaired) electrons. The third-order valence-corrected chi connectivity index (χ3v) is 5.28. The number of benzene rings is 2. The predicted octanol–water partition coefficient (Wildman–Crippen LogP) is 2.85. The second kappa shape index (κ2) is 10.3. The summed E-state index contributed by atoms with van der Waals surface area (Å²) in [6.07, 6.45) is 0.899. The van der Waals surface area contributed by atoms with Crippen LogP contribution in [0, 0.1) is 5.82 Å². The van der Waals surface area contributed by atoms with Crippen molar-refractivity contribution in [2.24, 2.45) is 0 Å². The zero-order chi connectivity index (χ0) is 20.6. The fourth-order valence-corrected chi connectivity index (χ4v) is 3.36. The second-order valence-corrected chi connectivity index (χ2v) is 8.27. The molecule has 0 unspecified atom stereocenters. The molecule has 28 heavy (non-hydrogen) atoms. The number of carbonyl (C=O) groups excluding carboxylic acids is 1. The highest BCUT2D eigenvalue weighted by atomic mass is 32.2. The fourth-order valence-electron chi connectivity index (χ4n) is 2.34. The van der Waals surface area contributed by atoms with Gasteiger partial charge in [0.25, 0.3) is 5.91 Å². The van der Waals surface area contributed by atoms with E-state index in [2.05, 4.69) is 10.0 Å². The van der Waals surface area contributed by atoms with Gasteiger partial charge in [0.1, 0.15) is 5.82 Å². The van der Waals surface area contributed by atoms with E-state index in [-0.39, 0.29) is 23.5 Å². The van der Waals surface area contributed by atoms with Crippen molar-refractivity contribution in [3.8, 4) is 0 Å². The van der Waals surface area contributed by atoms with Crippen molar-refractivity contribution in [1.82, 2.24) is 10.0 Å². The average Bonchev–Trinajstić information content (AvgIpc) is 2.66. The summed E-state index contributed by atoms with van der Waals surface area (Å²) in [4.78, 5) is 12.1. The monoisotopic (exact) mass is 408 g/mol. The van der Waals surface area contributed by atoms with Crippen molar-refractivity contribution in [3.63, 3.8) is 0 Å². The zero-order valence-corrected chi connectivity index (χ0v) is 16.8. The van der Waals surface area contributed by atoms with Crippen molar-refractivity contribution in [2.75, 3.05) is 13.2 Å². The molecule has 2 aromatic rings. The van der Waals surface area contributed by atoms with E-state index in [1.165, 1.54) is 12.1 Å². The normalized spacial score (nSPS) is 11.6. The van der Waals surface area contributed by atoms with Gasteiger partial charge in [-0.05, 0) is 62.2 Å². The highest BCUT2D eigenvalue weighted by Gasteiger charge is 2.13. The van der Waals surface area contributed by atoms with Gasteiger partial charge in [-0.3, -0.25) is 4.79 Å². The molecule has 0 spiro atoms. The molecule has 0 heterocycles. The molecule has 2 aromatic carbocycles. The molecule has 2 rings (SSSR count). The summed E-state index contributed by atoms with van der Waals surface area (Å²) in [5.74, 6) is -0.691. The quantitative estimate of drug-likeness (QED) is 0.592. The van der Waals surface area contributed by atoms with Crippen LogP contribution in [0.2, 0.25) is 0 Å². The van der Waals surface area contributed by atoms with E-state index >= 15 is 0 Å². The van der Waals surface area contributed by atoms with Gasteiger partial charge < -0.3 is 10.1 Å². The molecule has 2 N–H and O–H groups in total. The Kier molecular flexibility index (Phi) is 8.10. The molecule has 0 bridgehead atoms. The Hall–Kier alpha value is -2.29. The fraction of sp³-hybridized carbons (Fsp3) is 0.350. The van der Waals surface area contributed by atoms with Gasteiger partial charge in [0.2, 0.25) is 10.0 Å². The summed E-state index contributed by atoms with van der Waals surface area (Å²) in [7, 11) is -3.73. The predicted molar refractivity (Wildman–Crippen MR) is 105 cm³/mol. The summed E-state index contributed by atoms with van der Waals surface area (Å²) in [6, 6.07) is 11.2. The molecule has 0 aliphatic heterocycles. The van der Waals surface area contributed by atoms with Gasteiger partial charge >= 0.3 is 0 Å². The van der Waals surface area contributed by atoms with Crippen molar-refractivity contribution in [3.05, 3.63) is 65.5 Å². The topological polar surface area (TPSA) is 84.5 Å². The summed E-state index contributed by atoms with van der Waals surface area (Å²) in [5, 5.41) is 2.81. The van der Waals surface area contributed by atoms with E-state index in [4.69, 9.17) is 4.74 Å². The van der Waals surface area contributed by atoms with Crippen LogP contribution in [-0.2, 0) is 21.3 Å². The van der Waals surface area contributed by atoms with Crippen LogP contribution in [-0.4, -0.2) is 33.6 Å². The molecule has 0 saturated heterocycles. The molecule has 0 aliphatic rings. The second-order valence-electron chi connectivity index (χ2n) is 6.50. The summed E-state index contributed by atoms with van der Waals surface area (Å²) in [5.41, 5.74) is 1.20. The molecule has 0 fully saturated rings. The molecule has 152 valence electrons. The third kappa shape index (κ3) is 7.03. The van der Waals surface area contributed by atoms with Crippen LogP contribution in [0.4, 0.5) is 4.39 Å². The number of halogens is 1. The minimum Gasteiger partial charge on any atom is -0.379 e. The number of rotatable bonds is 10. The minimum absolute atomic E-state index is 0.00801. The highest BCUT2D eigenvalue weighted by molar-refractivity contribution is 7.89. The summed E-state index contributed by atoms with van der Waals surface area (Å²) < 4.78 is 45.2. The van der Waals surface area contributed by atoms with E-state index in [9.17, 15) is 17.6 Å². The molecule has 1 amide bonds. The smallest absolute Gasteiger partial charge is 0.251 e. The van der Waals surface area contributed by atoms with Gasteiger partial charge in [0, 0.05) is 25.3 Å². The minimum atomic E-state index is -3.73. The van der Waals surface area contributed by atoms with E-state index < -0.39 is 15.8 Å². The van der Waals surface area contributed by atoms with E-state index in [1.807, 2.05) is 13.8 Å². The lowest BCUT2D eigenvalue weighted by Crippen LogP contribution is -2.26. The lowest BCUT2D eigenvalue weighted by Gasteiger charge is -2.09. The number of amides is 1.